The van der Waals surface area contributed by atoms with E-state index in [-0.39, 0.29) is 39.7 Å². The predicted octanol–water partition coefficient (Wildman–Crippen LogP) is 5.67. The molecule has 4 rings (SSSR count). The number of benzene rings is 3. The molecular formula is C40H46N2O12. The molecule has 0 aromatic heterocycles. The summed E-state index contributed by atoms with van der Waals surface area (Å²) in [4.78, 5) is 64.0. The maximum absolute atomic E-state index is 13.7. The van der Waals surface area contributed by atoms with Crippen LogP contribution in [0.3, 0.4) is 0 Å². The molecule has 14 heteroatoms. The number of cyclic esters (lactones) is 1. The number of methoxy groups -OCH3 is 4. The predicted molar refractivity (Wildman–Crippen MR) is 198 cm³/mol. The van der Waals surface area contributed by atoms with Gasteiger partial charge in [0.25, 0.3) is 0 Å². The van der Waals surface area contributed by atoms with E-state index in [4.69, 9.17) is 18.9 Å². The first kappa shape index (κ1) is 40.7. The van der Waals surface area contributed by atoms with Gasteiger partial charge >= 0.3 is 11.9 Å². The Balaban J connectivity index is 1.73. The lowest BCUT2D eigenvalue weighted by molar-refractivity contribution is -0.124. The molecule has 1 unspecified atom stereocenters. The highest BCUT2D eigenvalue weighted by Gasteiger charge is 2.32. The Hall–Kier alpha value is -6.05. The minimum atomic E-state index is -1.13. The van der Waals surface area contributed by atoms with Crippen molar-refractivity contribution < 1.29 is 57.9 Å². The van der Waals surface area contributed by atoms with E-state index in [0.29, 0.717) is 55.3 Å². The van der Waals surface area contributed by atoms with Gasteiger partial charge in [-0.25, -0.2) is 9.59 Å². The number of rotatable bonds is 11. The molecule has 3 aromatic carbocycles. The summed E-state index contributed by atoms with van der Waals surface area (Å²) in [6, 6.07) is 10.4. The average molecular weight is 747 g/mol. The van der Waals surface area contributed by atoms with E-state index in [1.54, 1.807) is 31.2 Å². The van der Waals surface area contributed by atoms with Gasteiger partial charge in [0, 0.05) is 36.4 Å². The van der Waals surface area contributed by atoms with E-state index in [1.807, 2.05) is 0 Å². The number of hydrogen-bond donors (Lipinski definition) is 4. The molecule has 288 valence electrons. The molecule has 4 N–H and O–H groups in total. The van der Waals surface area contributed by atoms with E-state index in [0.717, 1.165) is 0 Å². The number of phenols is 2. The molecule has 1 aliphatic rings. The van der Waals surface area contributed by atoms with Crippen LogP contribution in [0.15, 0.2) is 48.5 Å². The molecule has 0 spiro atoms. The molecule has 0 bridgehead atoms. The molecule has 0 saturated heterocycles. The van der Waals surface area contributed by atoms with E-state index >= 15 is 0 Å². The maximum atomic E-state index is 13.7. The molecule has 0 saturated carbocycles. The zero-order valence-corrected chi connectivity index (χ0v) is 31.0. The number of amides is 2. The second kappa shape index (κ2) is 19.1. The van der Waals surface area contributed by atoms with Crippen molar-refractivity contribution in [2.45, 2.75) is 63.9 Å². The summed E-state index contributed by atoms with van der Waals surface area (Å²) >= 11 is 0. The number of phenolic OH excluding ortho intramolecular Hbond substituents is 2. The highest BCUT2D eigenvalue weighted by atomic mass is 16.5. The Kier molecular flexibility index (Phi) is 14.4. The Morgan fingerprint density at radius 2 is 1.57 bits per heavy atom. The van der Waals surface area contributed by atoms with Crippen LogP contribution in [0.2, 0.25) is 0 Å². The number of anilines is 1. The summed E-state index contributed by atoms with van der Waals surface area (Å²) in [6.07, 6.45) is 5.15. The van der Waals surface area contributed by atoms with Crippen molar-refractivity contribution in [1.29, 1.82) is 0 Å². The number of hydrogen-bond acceptors (Lipinski definition) is 12. The Morgan fingerprint density at radius 3 is 2.20 bits per heavy atom. The fourth-order valence-corrected chi connectivity index (χ4v) is 6.16. The van der Waals surface area contributed by atoms with Gasteiger partial charge in [-0.2, -0.15) is 0 Å². The summed E-state index contributed by atoms with van der Waals surface area (Å²) in [5.74, 6) is -3.92. The van der Waals surface area contributed by atoms with Gasteiger partial charge in [-0.3, -0.25) is 14.4 Å². The van der Waals surface area contributed by atoms with Crippen molar-refractivity contribution in [2.75, 3.05) is 40.3 Å². The van der Waals surface area contributed by atoms with Crippen LogP contribution in [-0.2, 0) is 23.9 Å². The van der Waals surface area contributed by atoms with Crippen molar-refractivity contribution in [3.8, 4) is 28.7 Å². The number of Topliss-reactive ketones (excluding diaryl/α,β-unsaturated/α-hetero) is 1. The fourth-order valence-electron chi connectivity index (χ4n) is 6.16. The van der Waals surface area contributed by atoms with Gasteiger partial charge in [0.05, 0.1) is 46.7 Å². The topological polar surface area (TPSA) is 196 Å². The minimum Gasteiger partial charge on any atom is -0.507 e. The van der Waals surface area contributed by atoms with Crippen molar-refractivity contribution >= 4 is 41.3 Å². The highest BCUT2D eigenvalue weighted by Crippen LogP contribution is 2.47. The van der Waals surface area contributed by atoms with Crippen LogP contribution < -0.4 is 24.8 Å². The molecule has 1 heterocycles. The van der Waals surface area contributed by atoms with Gasteiger partial charge in [0.2, 0.25) is 17.6 Å². The molecule has 54 heavy (non-hydrogen) atoms. The van der Waals surface area contributed by atoms with Crippen LogP contribution in [0.4, 0.5) is 5.69 Å². The van der Waals surface area contributed by atoms with E-state index in [1.165, 1.54) is 58.8 Å². The normalized spacial score (nSPS) is 16.1. The van der Waals surface area contributed by atoms with Crippen LogP contribution in [0.1, 0.15) is 95.2 Å². The van der Waals surface area contributed by atoms with Gasteiger partial charge in [-0.15, -0.1) is 0 Å². The SMILES string of the molecule is COC(=O)c1ccc(NC(=O)CNC(=O)CC(c2cc(OC)c(OC)c(OC)c2)c2c(O)cc3c(c2O)C(=O)O[C@@H](C)CCCC(=O)CCC/C=C/3)cc1. The van der Waals surface area contributed by atoms with Gasteiger partial charge in [0.1, 0.15) is 22.8 Å². The zero-order valence-electron chi connectivity index (χ0n) is 31.0. The monoisotopic (exact) mass is 746 g/mol. The third-order valence-corrected chi connectivity index (χ3v) is 8.91. The maximum Gasteiger partial charge on any atom is 0.342 e. The summed E-state index contributed by atoms with van der Waals surface area (Å²) in [5.41, 5.74) is 0.816. The number of carbonyl (C=O) groups excluding carboxylic acids is 5. The first-order valence-corrected chi connectivity index (χ1v) is 17.4. The number of carbonyl (C=O) groups is 5. The average Bonchev–Trinajstić information content (AvgIpc) is 3.15. The summed E-state index contributed by atoms with van der Waals surface area (Å²) in [5, 5.41) is 28.6. The third kappa shape index (κ3) is 10.3. The lowest BCUT2D eigenvalue weighted by Crippen LogP contribution is -2.33. The van der Waals surface area contributed by atoms with Crippen molar-refractivity contribution in [3.05, 3.63) is 76.4 Å². The zero-order chi connectivity index (χ0) is 39.4. The molecular weight excluding hydrogens is 700 g/mol. The molecule has 0 fully saturated rings. The molecule has 1 aliphatic heterocycles. The smallest absolute Gasteiger partial charge is 0.342 e. The second-order valence-corrected chi connectivity index (χ2v) is 12.7. The van der Waals surface area contributed by atoms with Crippen molar-refractivity contribution in [1.82, 2.24) is 5.32 Å². The van der Waals surface area contributed by atoms with E-state index < -0.39 is 60.2 Å². The second-order valence-electron chi connectivity index (χ2n) is 12.7. The number of ether oxygens (including phenoxy) is 5. The van der Waals surface area contributed by atoms with E-state index in [9.17, 15) is 34.2 Å². The summed E-state index contributed by atoms with van der Waals surface area (Å²) < 4.78 is 27.0. The summed E-state index contributed by atoms with van der Waals surface area (Å²) in [7, 11) is 5.50. The van der Waals surface area contributed by atoms with Crippen LogP contribution >= 0.6 is 0 Å². The van der Waals surface area contributed by atoms with Crippen molar-refractivity contribution in [3.63, 3.8) is 0 Å². The quantitative estimate of drug-likeness (QED) is 0.176. The number of esters is 2. The Bertz CT molecular complexity index is 1860. The molecule has 3 aromatic rings. The number of nitrogens with one attached hydrogen (secondary N) is 2. The van der Waals surface area contributed by atoms with Gasteiger partial charge in [0.15, 0.2) is 11.5 Å². The Morgan fingerprint density at radius 1 is 0.907 bits per heavy atom. The number of fused-ring (bicyclic) bond motifs is 1. The first-order chi connectivity index (χ1) is 25.9. The third-order valence-electron chi connectivity index (χ3n) is 8.91. The van der Waals surface area contributed by atoms with E-state index in [2.05, 4.69) is 15.4 Å². The van der Waals surface area contributed by atoms with Crippen LogP contribution in [0.5, 0.6) is 28.7 Å². The van der Waals surface area contributed by atoms with Crippen molar-refractivity contribution in [2.24, 2.45) is 0 Å². The number of ketones is 1. The van der Waals surface area contributed by atoms with Gasteiger partial charge < -0.3 is 44.5 Å². The minimum absolute atomic E-state index is 0.133. The highest BCUT2D eigenvalue weighted by molar-refractivity contribution is 5.98. The molecule has 14 nitrogen and oxygen atoms in total. The van der Waals surface area contributed by atoms with Crippen LogP contribution in [-0.4, -0.2) is 80.8 Å². The standard InChI is InChI=1S/C40H46N2O12/c1-23-10-9-13-28(43)12-8-6-7-11-25-18-30(44)36(37(47)35(25)40(49)54-23)29(26-19-31(50-2)38(52-4)32(20-26)51-3)21-33(45)41-22-34(46)42-27-16-14-24(15-17-27)39(48)53-5/h7,11,14-20,23,29,44,47H,6,8-10,12-13,21-22H2,1-5H3,(H,41,45)(H,42,46)/b11-7+/t23-,29?/m0/s1. The lowest BCUT2D eigenvalue weighted by atomic mass is 9.84. The summed E-state index contributed by atoms with van der Waals surface area (Å²) in [6.45, 7) is 1.25. The Labute approximate surface area is 313 Å². The molecule has 2 atom stereocenters. The van der Waals surface area contributed by atoms with Crippen LogP contribution in [0, 0.1) is 0 Å². The molecule has 0 radical (unpaired) electrons. The van der Waals surface area contributed by atoms with Gasteiger partial charge in [-0.05, 0) is 86.2 Å². The number of allylic oxidation sites excluding steroid dienone is 1. The molecule has 2 amide bonds. The van der Waals surface area contributed by atoms with Gasteiger partial charge in [-0.1, -0.05) is 12.2 Å². The lowest BCUT2D eigenvalue weighted by Gasteiger charge is -2.24. The first-order valence-electron chi connectivity index (χ1n) is 17.4. The van der Waals surface area contributed by atoms with Crippen LogP contribution in [0.25, 0.3) is 6.08 Å². The largest absolute Gasteiger partial charge is 0.507 e. The fraction of sp³-hybridized carbons (Fsp3) is 0.375. The number of aromatic hydroxyl groups is 2. The molecule has 0 aliphatic carbocycles.